The standard InChI is InChI=1S/C23H22N8O/c1-14-21-18(9-19(15-6-7-15)27-22(21)29(2)28-14)23(32)26-16-10-24-31(12-16)13-17-11-30-8-4-3-5-20(30)25-17/h3-5,8-12,15H,6-7,13H2,1-2H3,(H,26,32). The number of nitrogens with one attached hydrogen (secondary N) is 1. The maximum absolute atomic E-state index is 13.2. The van der Waals surface area contributed by atoms with Gasteiger partial charge in [0.15, 0.2) is 5.65 Å². The highest BCUT2D eigenvalue weighted by Gasteiger charge is 2.28. The zero-order valence-corrected chi connectivity index (χ0v) is 17.9. The largest absolute Gasteiger partial charge is 0.319 e. The van der Waals surface area contributed by atoms with E-state index < -0.39 is 0 Å². The third-order valence-corrected chi connectivity index (χ3v) is 5.86. The fourth-order valence-electron chi connectivity index (χ4n) is 4.17. The summed E-state index contributed by atoms with van der Waals surface area (Å²) in [6.45, 7) is 2.43. The molecule has 0 spiro atoms. The van der Waals surface area contributed by atoms with Crippen LogP contribution in [-0.2, 0) is 13.6 Å². The van der Waals surface area contributed by atoms with Crippen LogP contribution in [0.15, 0.2) is 49.1 Å². The van der Waals surface area contributed by atoms with Crippen molar-refractivity contribution < 1.29 is 4.79 Å². The Morgan fingerprint density at radius 3 is 2.91 bits per heavy atom. The maximum Gasteiger partial charge on any atom is 0.256 e. The molecular formula is C23H22N8O. The summed E-state index contributed by atoms with van der Waals surface area (Å²) in [5.74, 6) is 0.261. The summed E-state index contributed by atoms with van der Waals surface area (Å²) in [5, 5.41) is 12.7. The molecule has 0 bridgehead atoms. The molecule has 1 fully saturated rings. The van der Waals surface area contributed by atoms with Gasteiger partial charge in [0.1, 0.15) is 5.65 Å². The Morgan fingerprint density at radius 1 is 1.22 bits per heavy atom. The van der Waals surface area contributed by atoms with Gasteiger partial charge in [-0.25, -0.2) is 9.97 Å². The van der Waals surface area contributed by atoms with Crippen molar-refractivity contribution in [2.75, 3.05) is 5.32 Å². The van der Waals surface area contributed by atoms with Gasteiger partial charge >= 0.3 is 0 Å². The molecule has 1 saturated carbocycles. The summed E-state index contributed by atoms with van der Waals surface area (Å²) in [5.41, 5.74) is 5.54. The molecule has 5 aromatic rings. The summed E-state index contributed by atoms with van der Waals surface area (Å²) in [7, 11) is 1.87. The fraction of sp³-hybridized carbons (Fsp3) is 0.261. The van der Waals surface area contributed by atoms with Gasteiger partial charge in [-0.1, -0.05) is 6.07 Å². The van der Waals surface area contributed by atoms with Gasteiger partial charge in [0, 0.05) is 37.3 Å². The van der Waals surface area contributed by atoms with Crippen LogP contribution in [0.3, 0.4) is 0 Å². The summed E-state index contributed by atoms with van der Waals surface area (Å²) in [4.78, 5) is 22.6. The van der Waals surface area contributed by atoms with Gasteiger partial charge in [0.25, 0.3) is 5.91 Å². The zero-order valence-electron chi connectivity index (χ0n) is 17.9. The number of carbonyl (C=O) groups excluding carboxylic acids is 1. The lowest BCUT2D eigenvalue weighted by Crippen LogP contribution is -2.13. The smallest absolute Gasteiger partial charge is 0.256 e. The third kappa shape index (κ3) is 3.22. The van der Waals surface area contributed by atoms with Gasteiger partial charge in [-0.15, -0.1) is 0 Å². The van der Waals surface area contributed by atoms with Crippen molar-refractivity contribution in [3.05, 3.63) is 71.7 Å². The Kier molecular flexibility index (Phi) is 4.11. The van der Waals surface area contributed by atoms with Crippen molar-refractivity contribution in [1.82, 2.24) is 33.9 Å². The van der Waals surface area contributed by atoms with Crippen molar-refractivity contribution in [3.8, 4) is 0 Å². The second-order valence-corrected chi connectivity index (χ2v) is 8.36. The van der Waals surface area contributed by atoms with E-state index in [0.29, 0.717) is 23.7 Å². The lowest BCUT2D eigenvalue weighted by molar-refractivity contribution is 0.102. The van der Waals surface area contributed by atoms with Crippen LogP contribution in [0.5, 0.6) is 0 Å². The minimum absolute atomic E-state index is 0.178. The quantitative estimate of drug-likeness (QED) is 0.465. The number of imidazole rings is 1. The number of nitrogens with zero attached hydrogens (tertiary/aromatic N) is 7. The molecule has 0 radical (unpaired) electrons. The fourth-order valence-corrected chi connectivity index (χ4v) is 4.17. The van der Waals surface area contributed by atoms with E-state index in [1.54, 1.807) is 15.6 Å². The van der Waals surface area contributed by atoms with Crippen molar-refractivity contribution in [2.24, 2.45) is 7.05 Å². The first-order valence-corrected chi connectivity index (χ1v) is 10.7. The number of rotatable bonds is 5. The van der Waals surface area contributed by atoms with Crippen molar-refractivity contribution >= 4 is 28.3 Å². The van der Waals surface area contributed by atoms with E-state index in [2.05, 4.69) is 20.5 Å². The predicted octanol–water partition coefficient (Wildman–Crippen LogP) is 3.30. The number of aryl methyl sites for hydroxylation is 2. The van der Waals surface area contributed by atoms with Crippen LogP contribution in [0.25, 0.3) is 16.7 Å². The lowest BCUT2D eigenvalue weighted by atomic mass is 10.1. The van der Waals surface area contributed by atoms with E-state index in [-0.39, 0.29) is 5.91 Å². The number of hydrogen-bond acceptors (Lipinski definition) is 5. The number of aromatic nitrogens is 7. The van der Waals surface area contributed by atoms with Crippen LogP contribution in [0.4, 0.5) is 5.69 Å². The van der Waals surface area contributed by atoms with Crippen molar-refractivity contribution in [3.63, 3.8) is 0 Å². The predicted molar refractivity (Wildman–Crippen MR) is 120 cm³/mol. The molecule has 0 unspecified atom stereocenters. The molecule has 5 heterocycles. The van der Waals surface area contributed by atoms with Gasteiger partial charge < -0.3 is 9.72 Å². The van der Waals surface area contributed by atoms with Crippen LogP contribution < -0.4 is 5.32 Å². The molecule has 0 aliphatic heterocycles. The van der Waals surface area contributed by atoms with E-state index in [4.69, 9.17) is 4.98 Å². The average molecular weight is 426 g/mol. The SMILES string of the molecule is Cc1nn(C)c2nc(C3CC3)cc(C(=O)Nc3cnn(Cc4cn5ccccc5n4)c3)c12. The molecule has 9 heteroatoms. The first-order chi connectivity index (χ1) is 15.5. The van der Waals surface area contributed by atoms with Gasteiger partial charge in [0.05, 0.1) is 40.8 Å². The molecule has 0 atom stereocenters. The second kappa shape index (κ2) is 7.01. The van der Waals surface area contributed by atoms with Crippen LogP contribution in [-0.4, -0.2) is 39.8 Å². The molecular weight excluding hydrogens is 404 g/mol. The maximum atomic E-state index is 13.2. The van der Waals surface area contributed by atoms with Crippen LogP contribution in [0, 0.1) is 6.92 Å². The van der Waals surface area contributed by atoms with Gasteiger partial charge in [0.2, 0.25) is 0 Å². The molecule has 0 aromatic carbocycles. The van der Waals surface area contributed by atoms with Crippen LogP contribution >= 0.6 is 0 Å². The van der Waals surface area contributed by atoms with E-state index in [1.807, 2.05) is 61.2 Å². The van der Waals surface area contributed by atoms with Gasteiger partial charge in [-0.05, 0) is 38.0 Å². The Balaban J connectivity index is 1.27. The van der Waals surface area contributed by atoms with Gasteiger partial charge in [-0.2, -0.15) is 10.2 Å². The minimum Gasteiger partial charge on any atom is -0.319 e. The molecule has 160 valence electrons. The van der Waals surface area contributed by atoms with E-state index in [1.165, 1.54) is 0 Å². The zero-order chi connectivity index (χ0) is 21.8. The Morgan fingerprint density at radius 2 is 2.09 bits per heavy atom. The van der Waals surface area contributed by atoms with E-state index >= 15 is 0 Å². The second-order valence-electron chi connectivity index (χ2n) is 8.36. The van der Waals surface area contributed by atoms with Crippen LogP contribution in [0.2, 0.25) is 0 Å². The lowest BCUT2D eigenvalue weighted by Gasteiger charge is -2.07. The summed E-state index contributed by atoms with van der Waals surface area (Å²) in [6.07, 6.45) is 9.65. The van der Waals surface area contributed by atoms with Crippen LogP contribution in [0.1, 0.15) is 46.2 Å². The van der Waals surface area contributed by atoms with Gasteiger partial charge in [-0.3, -0.25) is 14.2 Å². The highest BCUT2D eigenvalue weighted by atomic mass is 16.1. The summed E-state index contributed by atoms with van der Waals surface area (Å²) in [6, 6.07) is 7.81. The molecule has 9 nitrogen and oxygen atoms in total. The number of fused-ring (bicyclic) bond motifs is 2. The van der Waals surface area contributed by atoms with Crippen molar-refractivity contribution in [1.29, 1.82) is 0 Å². The summed E-state index contributed by atoms with van der Waals surface area (Å²) >= 11 is 0. The van der Waals surface area contributed by atoms with Crippen molar-refractivity contribution in [2.45, 2.75) is 32.2 Å². The number of hydrogen-bond donors (Lipinski definition) is 1. The minimum atomic E-state index is -0.178. The molecule has 0 saturated heterocycles. The van der Waals surface area contributed by atoms with E-state index in [0.717, 1.165) is 46.6 Å². The third-order valence-electron chi connectivity index (χ3n) is 5.86. The average Bonchev–Trinajstić information content (AvgIpc) is 3.31. The number of pyridine rings is 2. The topological polar surface area (TPSA) is 94.9 Å². The molecule has 6 rings (SSSR count). The number of anilines is 1. The molecule has 32 heavy (non-hydrogen) atoms. The first kappa shape index (κ1) is 18.7. The first-order valence-electron chi connectivity index (χ1n) is 10.7. The number of carbonyl (C=O) groups is 1. The molecule has 1 aliphatic rings. The normalized spacial score (nSPS) is 13.8. The Bertz CT molecular complexity index is 1450. The van der Waals surface area contributed by atoms with E-state index in [9.17, 15) is 4.79 Å². The highest BCUT2D eigenvalue weighted by Crippen LogP contribution is 2.40. The molecule has 1 amide bonds. The summed E-state index contributed by atoms with van der Waals surface area (Å²) < 4.78 is 5.49. The Hall–Kier alpha value is -4.01. The number of amides is 1. The highest BCUT2D eigenvalue weighted by molar-refractivity contribution is 6.12. The molecule has 5 aromatic heterocycles. The molecule has 1 N–H and O–H groups in total. The Labute approximate surface area is 183 Å². The monoisotopic (exact) mass is 426 g/mol. The molecule has 1 aliphatic carbocycles.